The summed E-state index contributed by atoms with van der Waals surface area (Å²) in [6, 6.07) is 11.4. The minimum absolute atomic E-state index is 0.126. The topological polar surface area (TPSA) is 85.8 Å². The number of thioether (sulfide) groups is 1. The van der Waals surface area contributed by atoms with Gasteiger partial charge in [0.1, 0.15) is 0 Å². The molecule has 0 saturated carbocycles. The van der Waals surface area contributed by atoms with Crippen LogP contribution < -0.4 is 5.32 Å². The van der Waals surface area contributed by atoms with Gasteiger partial charge in [0.2, 0.25) is 5.91 Å². The number of hydrogen-bond donors (Lipinski definition) is 1. The van der Waals surface area contributed by atoms with Crippen LogP contribution in [-0.4, -0.2) is 31.4 Å². The Labute approximate surface area is 157 Å². The van der Waals surface area contributed by atoms with Gasteiger partial charge in [-0.05, 0) is 31.2 Å². The van der Waals surface area contributed by atoms with Gasteiger partial charge >= 0.3 is 0 Å². The molecule has 0 spiro atoms. The molecule has 26 heavy (non-hydrogen) atoms. The molecule has 0 aliphatic heterocycles. The number of aromatic nitrogens is 4. The van der Waals surface area contributed by atoms with Crippen LogP contribution in [0, 0.1) is 0 Å². The number of amides is 1. The molecule has 0 unspecified atom stereocenters. The Morgan fingerprint density at radius 2 is 2.15 bits per heavy atom. The molecule has 4 aromatic rings. The van der Waals surface area contributed by atoms with Crippen LogP contribution in [0.15, 0.2) is 52.2 Å². The third-order valence-corrected chi connectivity index (χ3v) is 5.57. The van der Waals surface area contributed by atoms with Crippen molar-refractivity contribution in [2.24, 2.45) is 0 Å². The number of nitrogens with one attached hydrogen (secondary N) is 1. The van der Waals surface area contributed by atoms with Crippen LogP contribution in [0.2, 0.25) is 0 Å². The predicted molar refractivity (Wildman–Crippen MR) is 102 cm³/mol. The molecule has 1 amide bonds. The number of thiazole rings is 1. The molecule has 0 atom stereocenters. The highest BCUT2D eigenvalue weighted by molar-refractivity contribution is 7.99. The van der Waals surface area contributed by atoms with Gasteiger partial charge in [-0.15, -0.1) is 10.2 Å². The number of benzene rings is 1. The van der Waals surface area contributed by atoms with Crippen molar-refractivity contribution in [1.82, 2.24) is 19.7 Å². The van der Waals surface area contributed by atoms with E-state index in [0.717, 1.165) is 10.2 Å². The predicted octanol–water partition coefficient (Wildman–Crippen LogP) is 3.90. The summed E-state index contributed by atoms with van der Waals surface area (Å²) in [5.74, 6) is 1.42. The van der Waals surface area contributed by atoms with Crippen LogP contribution in [0.4, 0.5) is 5.13 Å². The van der Waals surface area contributed by atoms with Gasteiger partial charge in [0.05, 0.1) is 22.2 Å². The molecular formula is C17H15N5O2S2. The second kappa shape index (κ2) is 7.30. The minimum Gasteiger partial charge on any atom is -0.461 e. The first kappa shape index (κ1) is 16.8. The first-order valence-corrected chi connectivity index (χ1v) is 9.80. The zero-order valence-electron chi connectivity index (χ0n) is 13.9. The smallest absolute Gasteiger partial charge is 0.236 e. The third kappa shape index (κ3) is 3.35. The monoisotopic (exact) mass is 385 g/mol. The van der Waals surface area contributed by atoms with E-state index in [-0.39, 0.29) is 11.7 Å². The van der Waals surface area contributed by atoms with Crippen LogP contribution in [0.1, 0.15) is 6.92 Å². The number of carbonyl (C=O) groups excluding carboxylic acids is 1. The number of rotatable bonds is 6. The van der Waals surface area contributed by atoms with Crippen LogP contribution in [0.5, 0.6) is 0 Å². The number of fused-ring (bicyclic) bond motifs is 1. The molecule has 3 aromatic heterocycles. The van der Waals surface area contributed by atoms with Gasteiger partial charge in [-0.3, -0.25) is 9.36 Å². The minimum atomic E-state index is -0.126. The van der Waals surface area contributed by atoms with Crippen LogP contribution in [0.25, 0.3) is 21.8 Å². The van der Waals surface area contributed by atoms with E-state index in [1.165, 1.54) is 23.1 Å². The molecule has 4 rings (SSSR count). The van der Waals surface area contributed by atoms with Gasteiger partial charge in [0.25, 0.3) is 0 Å². The average molecular weight is 385 g/mol. The second-order valence-corrected chi connectivity index (χ2v) is 7.32. The Bertz CT molecular complexity index is 1010. The van der Waals surface area contributed by atoms with Crippen molar-refractivity contribution in [2.75, 3.05) is 11.1 Å². The molecule has 7 nitrogen and oxygen atoms in total. The highest BCUT2D eigenvalue weighted by Crippen LogP contribution is 2.27. The molecule has 0 aliphatic rings. The second-order valence-electron chi connectivity index (χ2n) is 5.35. The van der Waals surface area contributed by atoms with E-state index < -0.39 is 0 Å². The van der Waals surface area contributed by atoms with E-state index in [2.05, 4.69) is 20.5 Å². The van der Waals surface area contributed by atoms with Crippen molar-refractivity contribution in [3.8, 4) is 11.6 Å². The quantitative estimate of drug-likeness (QED) is 0.507. The summed E-state index contributed by atoms with van der Waals surface area (Å²) in [5, 5.41) is 12.5. The summed E-state index contributed by atoms with van der Waals surface area (Å²) in [5.41, 5.74) is 0.884. The first-order chi connectivity index (χ1) is 12.7. The lowest BCUT2D eigenvalue weighted by Crippen LogP contribution is -2.14. The normalized spacial score (nSPS) is 11.1. The van der Waals surface area contributed by atoms with Gasteiger partial charge in [0.15, 0.2) is 21.9 Å². The summed E-state index contributed by atoms with van der Waals surface area (Å²) < 4.78 is 8.36. The molecule has 0 bridgehead atoms. The molecule has 9 heteroatoms. The number of hydrogen-bond acceptors (Lipinski definition) is 7. The largest absolute Gasteiger partial charge is 0.461 e. The number of carbonyl (C=O) groups is 1. The first-order valence-electron chi connectivity index (χ1n) is 8.00. The number of anilines is 1. The molecule has 132 valence electrons. The molecule has 1 N–H and O–H groups in total. The fraction of sp³-hybridized carbons (Fsp3) is 0.176. The highest BCUT2D eigenvalue weighted by atomic mass is 32.2. The van der Waals surface area contributed by atoms with Crippen molar-refractivity contribution >= 4 is 44.4 Å². The van der Waals surface area contributed by atoms with Crippen LogP contribution in [0.3, 0.4) is 0 Å². The average Bonchev–Trinajstić information content (AvgIpc) is 3.37. The van der Waals surface area contributed by atoms with Gasteiger partial charge < -0.3 is 9.73 Å². The summed E-state index contributed by atoms with van der Waals surface area (Å²) in [6.45, 7) is 2.69. The lowest BCUT2D eigenvalue weighted by atomic mass is 10.3. The third-order valence-electron chi connectivity index (χ3n) is 3.65. The van der Waals surface area contributed by atoms with Crippen molar-refractivity contribution in [3.05, 3.63) is 42.7 Å². The van der Waals surface area contributed by atoms with Crippen molar-refractivity contribution in [3.63, 3.8) is 0 Å². The Hall–Kier alpha value is -2.65. The van der Waals surface area contributed by atoms with E-state index in [9.17, 15) is 4.79 Å². The SMILES string of the molecule is CCn1c(SCC(=O)Nc2nc3ccccc3s2)nnc1-c1ccco1. The Morgan fingerprint density at radius 3 is 2.92 bits per heavy atom. The van der Waals surface area contributed by atoms with Crippen LogP contribution >= 0.6 is 23.1 Å². The summed E-state index contributed by atoms with van der Waals surface area (Å²) in [4.78, 5) is 16.7. The van der Waals surface area contributed by atoms with E-state index in [0.29, 0.717) is 28.4 Å². The summed E-state index contributed by atoms with van der Waals surface area (Å²) >= 11 is 2.80. The van der Waals surface area contributed by atoms with E-state index in [4.69, 9.17) is 4.42 Å². The maximum absolute atomic E-state index is 12.3. The van der Waals surface area contributed by atoms with E-state index in [1.807, 2.05) is 47.9 Å². The molecule has 0 aliphatic carbocycles. The summed E-state index contributed by atoms with van der Waals surface area (Å²) in [7, 11) is 0. The molecule has 0 fully saturated rings. The van der Waals surface area contributed by atoms with Gasteiger partial charge in [-0.1, -0.05) is 35.2 Å². The van der Waals surface area contributed by atoms with E-state index >= 15 is 0 Å². The standard InChI is InChI=1S/C17H15N5O2S2/c1-2-22-15(12-7-5-9-24-12)20-21-17(22)25-10-14(23)19-16-18-11-6-3-4-8-13(11)26-16/h3-9H,2,10H2,1H3,(H,18,19,23). The maximum atomic E-state index is 12.3. The fourth-order valence-corrected chi connectivity index (χ4v) is 4.16. The zero-order valence-corrected chi connectivity index (χ0v) is 15.5. The van der Waals surface area contributed by atoms with Crippen molar-refractivity contribution < 1.29 is 9.21 Å². The lowest BCUT2D eigenvalue weighted by Gasteiger charge is -2.05. The molecule has 3 heterocycles. The molecule has 0 saturated heterocycles. The fourth-order valence-electron chi connectivity index (χ4n) is 2.48. The van der Waals surface area contributed by atoms with Gasteiger partial charge in [0, 0.05) is 6.54 Å². The molecule has 1 aromatic carbocycles. The Kier molecular flexibility index (Phi) is 4.72. The zero-order chi connectivity index (χ0) is 17.9. The highest BCUT2D eigenvalue weighted by Gasteiger charge is 2.16. The number of furan rings is 1. The van der Waals surface area contributed by atoms with E-state index in [1.54, 1.807) is 6.26 Å². The van der Waals surface area contributed by atoms with Crippen LogP contribution in [-0.2, 0) is 11.3 Å². The van der Waals surface area contributed by atoms with Crippen molar-refractivity contribution in [1.29, 1.82) is 0 Å². The summed E-state index contributed by atoms with van der Waals surface area (Å²) in [6.07, 6.45) is 1.60. The Morgan fingerprint density at radius 1 is 1.27 bits per heavy atom. The van der Waals surface area contributed by atoms with Crippen molar-refractivity contribution in [2.45, 2.75) is 18.6 Å². The Balaban J connectivity index is 1.43. The maximum Gasteiger partial charge on any atom is 0.236 e. The van der Waals surface area contributed by atoms with Gasteiger partial charge in [-0.25, -0.2) is 4.98 Å². The number of nitrogens with zero attached hydrogens (tertiary/aromatic N) is 4. The number of para-hydroxylation sites is 1. The lowest BCUT2D eigenvalue weighted by molar-refractivity contribution is -0.113. The molecular weight excluding hydrogens is 370 g/mol. The molecule has 0 radical (unpaired) electrons. The van der Waals surface area contributed by atoms with Gasteiger partial charge in [-0.2, -0.15) is 0 Å².